The lowest BCUT2D eigenvalue weighted by Gasteiger charge is -2.39. The molecule has 0 aromatic carbocycles. The van der Waals surface area contributed by atoms with Gasteiger partial charge in [0.15, 0.2) is 0 Å². The smallest absolute Gasteiger partial charge is 0.217 e. The van der Waals surface area contributed by atoms with Crippen molar-refractivity contribution in [2.75, 3.05) is 26.2 Å². The first-order valence-electron chi connectivity index (χ1n) is 8.55. The molecule has 4 nitrogen and oxygen atoms in total. The minimum Gasteiger partial charge on any atom is -0.301 e. The molecule has 0 N–H and O–H groups in total. The fourth-order valence-corrected chi connectivity index (χ4v) is 5.65. The predicted octanol–water partition coefficient (Wildman–Crippen LogP) is 2.56. The zero-order valence-corrected chi connectivity index (χ0v) is 14.9. The topological polar surface area (TPSA) is 40.6 Å². The molecule has 0 atom stereocenters. The summed E-state index contributed by atoms with van der Waals surface area (Å²) in [6.45, 7) is 12.2. The number of nitrogens with zero attached hydrogens (tertiary/aromatic N) is 2. The molecule has 0 unspecified atom stereocenters. The van der Waals surface area contributed by atoms with Crippen molar-refractivity contribution >= 4 is 10.0 Å². The van der Waals surface area contributed by atoms with E-state index in [2.05, 4.69) is 32.6 Å². The fraction of sp³-hybridized carbons (Fsp3) is 1.00. The Kier molecular flexibility index (Phi) is 5.71. The number of piperidine rings is 2. The van der Waals surface area contributed by atoms with Gasteiger partial charge in [0.1, 0.15) is 0 Å². The molecule has 0 amide bonds. The summed E-state index contributed by atoms with van der Waals surface area (Å²) in [6, 6.07) is 0.524. The largest absolute Gasteiger partial charge is 0.301 e. The molecule has 2 aliphatic rings. The van der Waals surface area contributed by atoms with Crippen LogP contribution in [0.15, 0.2) is 0 Å². The molecule has 0 aliphatic carbocycles. The van der Waals surface area contributed by atoms with Crippen molar-refractivity contribution in [3.63, 3.8) is 0 Å². The Morgan fingerprint density at radius 1 is 0.857 bits per heavy atom. The van der Waals surface area contributed by atoms with E-state index < -0.39 is 10.0 Å². The van der Waals surface area contributed by atoms with Crippen molar-refractivity contribution in [2.45, 2.75) is 64.7 Å². The second-order valence-electron chi connectivity index (χ2n) is 7.35. The molecule has 0 spiro atoms. The fourth-order valence-electron chi connectivity index (χ4n) is 3.70. The van der Waals surface area contributed by atoms with Gasteiger partial charge in [0.2, 0.25) is 10.0 Å². The van der Waals surface area contributed by atoms with Gasteiger partial charge in [-0.1, -0.05) is 13.8 Å². The lowest BCUT2D eigenvalue weighted by atomic mass is 9.87. The highest BCUT2D eigenvalue weighted by Crippen LogP contribution is 2.29. The molecular weight excluding hydrogens is 284 g/mol. The zero-order chi connectivity index (χ0) is 15.6. The van der Waals surface area contributed by atoms with E-state index in [0.717, 1.165) is 51.9 Å². The zero-order valence-electron chi connectivity index (χ0n) is 14.1. The molecule has 2 fully saturated rings. The highest BCUT2D eigenvalue weighted by atomic mass is 32.2. The Morgan fingerprint density at radius 2 is 1.38 bits per heavy atom. The summed E-state index contributed by atoms with van der Waals surface area (Å²) >= 11 is 0. The molecule has 0 saturated carbocycles. The van der Waals surface area contributed by atoms with Crippen LogP contribution in [0.3, 0.4) is 0 Å². The minimum atomic E-state index is -3.08. The first-order chi connectivity index (χ1) is 9.82. The molecule has 2 heterocycles. The standard InChI is InChI=1S/C16H32N2O2S/c1-13(2)15-5-11-18(12-6-15)21(19,20)16-7-9-17(10-8-16)14(3)4/h13-16H,5-12H2,1-4H3. The third kappa shape index (κ3) is 3.99. The van der Waals surface area contributed by atoms with E-state index >= 15 is 0 Å². The molecule has 0 aromatic rings. The van der Waals surface area contributed by atoms with Crippen LogP contribution in [-0.2, 0) is 10.0 Å². The van der Waals surface area contributed by atoms with Crippen LogP contribution in [0.5, 0.6) is 0 Å². The summed E-state index contributed by atoms with van der Waals surface area (Å²) in [4.78, 5) is 2.39. The molecule has 124 valence electrons. The number of sulfonamides is 1. The van der Waals surface area contributed by atoms with Crippen LogP contribution >= 0.6 is 0 Å². The average molecular weight is 317 g/mol. The van der Waals surface area contributed by atoms with Crippen LogP contribution in [0.25, 0.3) is 0 Å². The van der Waals surface area contributed by atoms with Gasteiger partial charge in [-0.3, -0.25) is 0 Å². The van der Waals surface area contributed by atoms with E-state index in [9.17, 15) is 8.42 Å². The molecular formula is C16H32N2O2S. The molecule has 0 aromatic heterocycles. The molecule has 2 rings (SSSR count). The van der Waals surface area contributed by atoms with Crippen molar-refractivity contribution in [3.8, 4) is 0 Å². The van der Waals surface area contributed by atoms with E-state index in [1.165, 1.54) is 0 Å². The lowest BCUT2D eigenvalue weighted by molar-refractivity contribution is 0.180. The van der Waals surface area contributed by atoms with Gasteiger partial charge in [-0.25, -0.2) is 12.7 Å². The summed E-state index contributed by atoms with van der Waals surface area (Å²) in [5, 5.41) is -0.150. The summed E-state index contributed by atoms with van der Waals surface area (Å²) < 4.78 is 27.4. The third-order valence-corrected chi connectivity index (χ3v) is 7.83. The van der Waals surface area contributed by atoms with Gasteiger partial charge in [0.25, 0.3) is 0 Å². The van der Waals surface area contributed by atoms with Crippen molar-refractivity contribution in [1.82, 2.24) is 9.21 Å². The number of hydrogen-bond acceptors (Lipinski definition) is 3. The second-order valence-corrected chi connectivity index (χ2v) is 9.57. The number of rotatable bonds is 4. The van der Waals surface area contributed by atoms with E-state index in [1.54, 1.807) is 4.31 Å². The van der Waals surface area contributed by atoms with Crippen LogP contribution in [0.1, 0.15) is 53.4 Å². The quantitative estimate of drug-likeness (QED) is 0.800. The normalized spacial score (nSPS) is 25.0. The Morgan fingerprint density at radius 3 is 1.81 bits per heavy atom. The predicted molar refractivity (Wildman–Crippen MR) is 87.8 cm³/mol. The summed E-state index contributed by atoms with van der Waals surface area (Å²) in [5.74, 6) is 1.36. The highest BCUT2D eigenvalue weighted by Gasteiger charge is 2.37. The average Bonchev–Trinajstić information content (AvgIpc) is 2.47. The molecule has 2 saturated heterocycles. The van der Waals surface area contributed by atoms with Crippen LogP contribution < -0.4 is 0 Å². The van der Waals surface area contributed by atoms with Gasteiger partial charge in [-0.05, 0) is 64.5 Å². The van der Waals surface area contributed by atoms with Gasteiger partial charge in [-0.15, -0.1) is 0 Å². The van der Waals surface area contributed by atoms with E-state index in [4.69, 9.17) is 0 Å². The summed E-state index contributed by atoms with van der Waals surface area (Å²) in [6.07, 6.45) is 3.65. The van der Waals surface area contributed by atoms with Gasteiger partial charge in [0.05, 0.1) is 5.25 Å². The molecule has 0 bridgehead atoms. The Balaban J connectivity index is 1.91. The maximum Gasteiger partial charge on any atom is 0.217 e. The second kappa shape index (κ2) is 6.97. The molecule has 21 heavy (non-hydrogen) atoms. The van der Waals surface area contributed by atoms with Crippen molar-refractivity contribution in [3.05, 3.63) is 0 Å². The van der Waals surface area contributed by atoms with Gasteiger partial charge in [0, 0.05) is 19.1 Å². The van der Waals surface area contributed by atoms with Crippen molar-refractivity contribution < 1.29 is 8.42 Å². The first kappa shape index (κ1) is 17.2. The van der Waals surface area contributed by atoms with Gasteiger partial charge >= 0.3 is 0 Å². The van der Waals surface area contributed by atoms with Crippen molar-refractivity contribution in [1.29, 1.82) is 0 Å². The molecule has 2 aliphatic heterocycles. The highest BCUT2D eigenvalue weighted by molar-refractivity contribution is 7.89. The van der Waals surface area contributed by atoms with Crippen LogP contribution in [0, 0.1) is 11.8 Å². The molecule has 0 radical (unpaired) electrons. The Labute approximate surface area is 130 Å². The maximum atomic E-state index is 12.8. The van der Waals surface area contributed by atoms with Crippen LogP contribution in [-0.4, -0.2) is 55.1 Å². The Bertz CT molecular complexity index is 384. The minimum absolute atomic E-state index is 0.150. The van der Waals surface area contributed by atoms with E-state index in [-0.39, 0.29) is 5.25 Å². The maximum absolute atomic E-state index is 12.8. The first-order valence-corrected chi connectivity index (χ1v) is 10.1. The van der Waals surface area contributed by atoms with Gasteiger partial charge in [-0.2, -0.15) is 0 Å². The summed E-state index contributed by atoms with van der Waals surface area (Å²) in [7, 11) is -3.08. The van der Waals surface area contributed by atoms with Crippen LogP contribution in [0.4, 0.5) is 0 Å². The SMILES string of the molecule is CC(C)C1CCN(S(=O)(=O)C2CCN(C(C)C)CC2)CC1. The third-order valence-electron chi connectivity index (χ3n) is 5.43. The van der Waals surface area contributed by atoms with Crippen LogP contribution in [0.2, 0.25) is 0 Å². The lowest BCUT2D eigenvalue weighted by Crippen LogP contribution is -2.49. The van der Waals surface area contributed by atoms with E-state index in [0.29, 0.717) is 17.9 Å². The summed E-state index contributed by atoms with van der Waals surface area (Å²) in [5.41, 5.74) is 0. The number of likely N-dealkylation sites (tertiary alicyclic amines) is 1. The van der Waals surface area contributed by atoms with E-state index in [1.807, 2.05) is 0 Å². The Hall–Kier alpha value is -0.130. The van der Waals surface area contributed by atoms with Gasteiger partial charge < -0.3 is 4.90 Å². The monoisotopic (exact) mass is 316 g/mol. The number of hydrogen-bond donors (Lipinski definition) is 0. The van der Waals surface area contributed by atoms with Crippen molar-refractivity contribution in [2.24, 2.45) is 11.8 Å². The molecule has 5 heteroatoms.